The second-order valence-electron chi connectivity index (χ2n) is 3.20. The molecular formula is C10H8F2O2. The molecule has 1 aliphatic rings. The lowest BCUT2D eigenvalue weighted by atomic mass is 10.0. The lowest BCUT2D eigenvalue weighted by Gasteiger charge is -2.22. The Bertz CT molecular complexity index is 377. The molecule has 1 aromatic carbocycles. The van der Waals surface area contributed by atoms with Crippen molar-refractivity contribution in [3.63, 3.8) is 0 Å². The number of halogens is 2. The van der Waals surface area contributed by atoms with Crippen LogP contribution in [0.25, 0.3) is 0 Å². The molecule has 14 heavy (non-hydrogen) atoms. The molecule has 0 saturated carbocycles. The number of fused-ring (bicyclic) bond motifs is 1. The summed E-state index contributed by atoms with van der Waals surface area (Å²) < 4.78 is 31.0. The van der Waals surface area contributed by atoms with Crippen molar-refractivity contribution in [2.75, 3.05) is 0 Å². The molecule has 4 heteroatoms. The van der Waals surface area contributed by atoms with Gasteiger partial charge in [-0.05, 0) is 12.8 Å². The number of carbonyl (C=O) groups excluding carboxylic acids is 1. The maximum Gasteiger partial charge on any atom is 0.160 e. The third-order valence-electron chi connectivity index (χ3n) is 2.23. The van der Waals surface area contributed by atoms with Crippen molar-refractivity contribution in [3.05, 3.63) is 29.3 Å². The fourth-order valence-corrected chi connectivity index (χ4v) is 1.53. The summed E-state index contributed by atoms with van der Waals surface area (Å²) in [4.78, 5) is 10.4. The number of hydrogen-bond acceptors (Lipinski definition) is 2. The standard InChI is InChI=1S/C10H8F2O2/c11-6-3-9(12)8-2-1-7(5-13)14-10(8)4-6/h3-5,7H,1-2H2. The van der Waals surface area contributed by atoms with Crippen LogP contribution in [0.2, 0.25) is 0 Å². The Morgan fingerprint density at radius 3 is 2.93 bits per heavy atom. The molecular weight excluding hydrogens is 190 g/mol. The van der Waals surface area contributed by atoms with E-state index in [0.29, 0.717) is 24.7 Å². The van der Waals surface area contributed by atoms with Crippen LogP contribution in [0.15, 0.2) is 12.1 Å². The van der Waals surface area contributed by atoms with E-state index in [9.17, 15) is 13.6 Å². The summed E-state index contributed by atoms with van der Waals surface area (Å²) in [7, 11) is 0. The number of carbonyl (C=O) groups is 1. The first-order valence-electron chi connectivity index (χ1n) is 4.30. The molecule has 0 spiro atoms. The van der Waals surface area contributed by atoms with Crippen molar-refractivity contribution in [2.45, 2.75) is 18.9 Å². The van der Waals surface area contributed by atoms with Crippen LogP contribution in [0.5, 0.6) is 5.75 Å². The van der Waals surface area contributed by atoms with E-state index in [1.54, 1.807) is 0 Å². The normalized spacial score (nSPS) is 19.7. The van der Waals surface area contributed by atoms with E-state index in [4.69, 9.17) is 4.74 Å². The molecule has 0 fully saturated rings. The monoisotopic (exact) mass is 198 g/mol. The van der Waals surface area contributed by atoms with Gasteiger partial charge in [0.05, 0.1) is 0 Å². The van der Waals surface area contributed by atoms with Gasteiger partial charge in [-0.2, -0.15) is 0 Å². The molecule has 0 radical (unpaired) electrons. The predicted octanol–water partition coefficient (Wildman–Crippen LogP) is 1.86. The van der Waals surface area contributed by atoms with Gasteiger partial charge in [0.1, 0.15) is 17.4 Å². The number of hydrogen-bond donors (Lipinski definition) is 0. The molecule has 0 amide bonds. The highest BCUT2D eigenvalue weighted by atomic mass is 19.1. The van der Waals surface area contributed by atoms with E-state index in [-0.39, 0.29) is 5.75 Å². The third kappa shape index (κ3) is 1.47. The molecule has 0 bridgehead atoms. The molecule has 0 saturated heterocycles. The number of ether oxygens (including phenoxy) is 1. The molecule has 1 aliphatic heterocycles. The Labute approximate surface area is 79.5 Å². The van der Waals surface area contributed by atoms with E-state index >= 15 is 0 Å². The van der Waals surface area contributed by atoms with E-state index in [1.807, 2.05) is 0 Å². The fourth-order valence-electron chi connectivity index (χ4n) is 1.53. The Balaban J connectivity index is 2.41. The first-order valence-corrected chi connectivity index (χ1v) is 4.30. The van der Waals surface area contributed by atoms with Crippen molar-refractivity contribution in [1.82, 2.24) is 0 Å². The van der Waals surface area contributed by atoms with Gasteiger partial charge in [0, 0.05) is 17.7 Å². The maximum atomic E-state index is 13.2. The van der Waals surface area contributed by atoms with Crippen molar-refractivity contribution >= 4 is 6.29 Å². The summed E-state index contributed by atoms with van der Waals surface area (Å²) in [6, 6.07) is 1.93. The molecule has 0 aromatic heterocycles. The molecule has 1 unspecified atom stereocenters. The zero-order valence-corrected chi connectivity index (χ0v) is 7.30. The van der Waals surface area contributed by atoms with E-state index in [1.165, 1.54) is 0 Å². The van der Waals surface area contributed by atoms with Crippen LogP contribution in [0.3, 0.4) is 0 Å². The van der Waals surface area contributed by atoms with Crippen LogP contribution < -0.4 is 4.74 Å². The number of aldehydes is 1. The predicted molar refractivity (Wildman–Crippen MR) is 45.2 cm³/mol. The van der Waals surface area contributed by atoms with Crippen LogP contribution in [-0.4, -0.2) is 12.4 Å². The molecule has 1 atom stereocenters. The minimum atomic E-state index is -0.687. The van der Waals surface area contributed by atoms with Crippen molar-refractivity contribution in [1.29, 1.82) is 0 Å². The average molecular weight is 198 g/mol. The third-order valence-corrected chi connectivity index (χ3v) is 2.23. The van der Waals surface area contributed by atoms with Crippen molar-refractivity contribution < 1.29 is 18.3 Å². The van der Waals surface area contributed by atoms with E-state index in [0.717, 1.165) is 12.1 Å². The van der Waals surface area contributed by atoms with Crippen LogP contribution in [0, 0.1) is 11.6 Å². The summed E-state index contributed by atoms with van der Waals surface area (Å²) in [6.45, 7) is 0. The van der Waals surface area contributed by atoms with Gasteiger partial charge in [-0.1, -0.05) is 0 Å². The fraction of sp³-hybridized carbons (Fsp3) is 0.300. The number of rotatable bonds is 1. The van der Waals surface area contributed by atoms with Gasteiger partial charge in [-0.25, -0.2) is 8.78 Å². The van der Waals surface area contributed by atoms with Gasteiger partial charge < -0.3 is 4.74 Å². The highest BCUT2D eigenvalue weighted by Gasteiger charge is 2.22. The topological polar surface area (TPSA) is 26.3 Å². The smallest absolute Gasteiger partial charge is 0.160 e. The van der Waals surface area contributed by atoms with Crippen LogP contribution in [0.1, 0.15) is 12.0 Å². The Morgan fingerprint density at radius 2 is 2.21 bits per heavy atom. The highest BCUT2D eigenvalue weighted by molar-refractivity contribution is 5.58. The summed E-state index contributed by atoms with van der Waals surface area (Å²) in [5.74, 6) is -1.15. The summed E-state index contributed by atoms with van der Waals surface area (Å²) in [5.41, 5.74) is 0.351. The van der Waals surface area contributed by atoms with Gasteiger partial charge in [-0.3, -0.25) is 4.79 Å². The van der Waals surface area contributed by atoms with Crippen LogP contribution in [0.4, 0.5) is 8.78 Å². The molecule has 74 valence electrons. The summed E-state index contributed by atoms with van der Waals surface area (Å²) in [6.07, 6.45) is 0.916. The van der Waals surface area contributed by atoms with E-state index < -0.39 is 17.7 Å². The summed E-state index contributed by atoms with van der Waals surface area (Å²) >= 11 is 0. The largest absolute Gasteiger partial charge is 0.482 e. The maximum absolute atomic E-state index is 13.2. The molecule has 2 nitrogen and oxygen atoms in total. The zero-order chi connectivity index (χ0) is 10.1. The Morgan fingerprint density at radius 1 is 1.43 bits per heavy atom. The van der Waals surface area contributed by atoms with Gasteiger partial charge in [0.25, 0.3) is 0 Å². The second-order valence-corrected chi connectivity index (χ2v) is 3.20. The van der Waals surface area contributed by atoms with E-state index in [2.05, 4.69) is 0 Å². The van der Waals surface area contributed by atoms with Crippen LogP contribution >= 0.6 is 0 Å². The Kier molecular flexibility index (Phi) is 2.19. The second kappa shape index (κ2) is 3.36. The van der Waals surface area contributed by atoms with Gasteiger partial charge >= 0.3 is 0 Å². The van der Waals surface area contributed by atoms with Crippen molar-refractivity contribution in [2.24, 2.45) is 0 Å². The molecule has 1 heterocycles. The Hall–Kier alpha value is -1.45. The van der Waals surface area contributed by atoms with Gasteiger partial charge in [0.2, 0.25) is 0 Å². The van der Waals surface area contributed by atoms with Gasteiger partial charge in [-0.15, -0.1) is 0 Å². The SMILES string of the molecule is O=CC1CCc2c(F)cc(F)cc2O1. The first kappa shape index (κ1) is 9.12. The lowest BCUT2D eigenvalue weighted by Crippen LogP contribution is -2.24. The molecule has 1 aromatic rings. The summed E-state index contributed by atoms with van der Waals surface area (Å²) in [5, 5.41) is 0. The molecule has 0 aliphatic carbocycles. The number of benzene rings is 1. The van der Waals surface area contributed by atoms with Gasteiger partial charge in [0.15, 0.2) is 12.4 Å². The first-order chi connectivity index (χ1) is 6.70. The average Bonchev–Trinajstić information content (AvgIpc) is 2.16. The lowest BCUT2D eigenvalue weighted by molar-refractivity contribution is -0.114. The zero-order valence-electron chi connectivity index (χ0n) is 7.30. The molecule has 2 rings (SSSR count). The highest BCUT2D eigenvalue weighted by Crippen LogP contribution is 2.30. The minimum absolute atomic E-state index is 0.144. The van der Waals surface area contributed by atoms with Crippen LogP contribution in [-0.2, 0) is 11.2 Å². The van der Waals surface area contributed by atoms with Crippen molar-refractivity contribution in [3.8, 4) is 5.75 Å². The molecule has 0 N–H and O–H groups in total. The quantitative estimate of drug-likeness (QED) is 0.644. The minimum Gasteiger partial charge on any atom is -0.482 e.